The summed E-state index contributed by atoms with van der Waals surface area (Å²) in [5.41, 5.74) is 3.60. The molecule has 76 heavy (non-hydrogen) atoms. The lowest BCUT2D eigenvalue weighted by molar-refractivity contribution is -0.256. The molecular formula is C61H82N2O13. The summed E-state index contributed by atoms with van der Waals surface area (Å²) in [6.07, 6.45) is 22.4. The highest BCUT2D eigenvalue weighted by Crippen LogP contribution is 2.62. The number of carbonyl (C=O) groups excluding carboxylic acids is 2. The van der Waals surface area contributed by atoms with Gasteiger partial charge in [-0.3, -0.25) is 9.69 Å². The van der Waals surface area contributed by atoms with Gasteiger partial charge in [0.25, 0.3) is 0 Å². The third-order valence-electron chi connectivity index (χ3n) is 15.8. The van der Waals surface area contributed by atoms with Gasteiger partial charge in [0.15, 0.2) is 17.8 Å². The number of aliphatic hydroxyl groups excluding tert-OH is 2. The van der Waals surface area contributed by atoms with E-state index in [0.717, 1.165) is 87.2 Å². The maximum absolute atomic E-state index is 15.3. The van der Waals surface area contributed by atoms with Gasteiger partial charge in [-0.05, 0) is 116 Å². The van der Waals surface area contributed by atoms with Crippen LogP contribution >= 0.6 is 0 Å². The highest BCUT2D eigenvalue weighted by Gasteiger charge is 2.66. The van der Waals surface area contributed by atoms with Gasteiger partial charge in [0.2, 0.25) is 18.9 Å². The van der Waals surface area contributed by atoms with E-state index in [0.29, 0.717) is 71.6 Å². The minimum Gasteiger partial charge on any atom is -0.496 e. The van der Waals surface area contributed by atoms with Crippen molar-refractivity contribution in [1.29, 1.82) is 0 Å². The Labute approximate surface area is 449 Å². The largest absolute Gasteiger partial charge is 0.496 e. The van der Waals surface area contributed by atoms with Gasteiger partial charge in [-0.2, -0.15) is 0 Å². The number of benzene rings is 3. The lowest BCUT2D eigenvalue weighted by Crippen LogP contribution is -2.70. The molecule has 0 spiro atoms. The molecule has 8 rings (SSSR count). The Hall–Kier alpha value is -5.61. The first-order valence-electron chi connectivity index (χ1n) is 28.3. The average molecular weight is 1050 g/mol. The second-order valence-electron chi connectivity index (χ2n) is 20.9. The molecule has 0 bridgehead atoms. The Kier molecular flexibility index (Phi) is 21.4. The third-order valence-corrected chi connectivity index (χ3v) is 15.8. The standard InChI is InChI=1S/C61H82N2O13/c1-4-6-7-8-9-10-11-12-13-19-34-70-60(67)63(40-43-24-27-54-55(35-43)72-42-71-54)56-39-51(62-76-57-23-16-20-33-69-57)49-37-44(21-14-17-30-64)48(22-15-18-31-65)58-50-38-47(74-46-25-28-52(68-3)45(36-46)41-66)26-29-53(50)75-61(56,59(49)58)73-32-5-2/h5,24-29,35-38,41,44,48,56-59,64-65H,2,4,6-23,30-34,39-40,42H2,1,3H3. The predicted octanol–water partition coefficient (Wildman–Crippen LogP) is 12.7. The number of aldehydes is 1. The van der Waals surface area contributed by atoms with Gasteiger partial charge >= 0.3 is 6.09 Å². The zero-order valence-corrected chi connectivity index (χ0v) is 45.0. The second-order valence-corrected chi connectivity index (χ2v) is 20.9. The number of oxime groups is 1. The van der Waals surface area contributed by atoms with Crippen LogP contribution in [0.5, 0.6) is 34.5 Å². The van der Waals surface area contributed by atoms with Gasteiger partial charge in [0.05, 0.1) is 44.1 Å². The van der Waals surface area contributed by atoms with E-state index in [1.807, 2.05) is 36.4 Å². The number of unbranched alkanes of at least 4 members (excludes halogenated alkanes) is 11. The first-order chi connectivity index (χ1) is 37.3. The highest BCUT2D eigenvalue weighted by atomic mass is 16.8. The highest BCUT2D eigenvalue weighted by molar-refractivity contribution is 6.03. The third kappa shape index (κ3) is 13.9. The van der Waals surface area contributed by atoms with Crippen LogP contribution in [0.1, 0.15) is 163 Å². The van der Waals surface area contributed by atoms with Crippen molar-refractivity contribution in [3.05, 3.63) is 95.6 Å². The summed E-state index contributed by atoms with van der Waals surface area (Å²) in [7, 11) is 1.52. The molecule has 5 aliphatic rings. The summed E-state index contributed by atoms with van der Waals surface area (Å²) in [6, 6.07) is 15.8. The van der Waals surface area contributed by atoms with E-state index in [9.17, 15) is 15.0 Å². The number of amides is 1. The van der Waals surface area contributed by atoms with E-state index in [4.69, 9.17) is 47.9 Å². The van der Waals surface area contributed by atoms with Crippen molar-refractivity contribution in [3.8, 4) is 34.5 Å². The lowest BCUT2D eigenvalue weighted by atomic mass is 9.55. The number of fused-ring (bicyclic) bond motifs is 3. The quantitative estimate of drug-likeness (QED) is 0.0270. The molecule has 2 N–H and O–H groups in total. The Bertz CT molecular complexity index is 2420. The predicted molar refractivity (Wildman–Crippen MR) is 289 cm³/mol. The van der Waals surface area contributed by atoms with Crippen molar-refractivity contribution in [3.63, 3.8) is 0 Å². The minimum absolute atomic E-state index is 0.00861. The normalized spacial score (nSPS) is 23.6. The molecule has 3 heterocycles. The molecule has 7 atom stereocenters. The van der Waals surface area contributed by atoms with Crippen molar-refractivity contribution in [2.24, 2.45) is 22.9 Å². The topological polar surface area (TPSA) is 173 Å². The Balaban J connectivity index is 1.24. The van der Waals surface area contributed by atoms with Gasteiger partial charge < -0.3 is 52.9 Å². The Morgan fingerprint density at radius 1 is 0.855 bits per heavy atom. The fourth-order valence-electron chi connectivity index (χ4n) is 12.0. The van der Waals surface area contributed by atoms with E-state index < -0.39 is 30.1 Å². The van der Waals surface area contributed by atoms with Crippen molar-refractivity contribution < 1.29 is 62.5 Å². The van der Waals surface area contributed by atoms with Crippen molar-refractivity contribution in [2.75, 3.05) is 46.9 Å². The minimum atomic E-state index is -1.53. The van der Waals surface area contributed by atoms with Crippen LogP contribution in [0.4, 0.5) is 4.79 Å². The molecule has 15 heteroatoms. The Morgan fingerprint density at radius 3 is 2.33 bits per heavy atom. The number of rotatable bonds is 31. The smallest absolute Gasteiger partial charge is 0.410 e. The van der Waals surface area contributed by atoms with Crippen LogP contribution in [0.3, 0.4) is 0 Å². The number of allylic oxidation sites excluding steroid dienone is 1. The molecule has 7 unspecified atom stereocenters. The molecule has 15 nitrogen and oxygen atoms in total. The fourth-order valence-corrected chi connectivity index (χ4v) is 12.0. The summed E-state index contributed by atoms with van der Waals surface area (Å²) in [5.74, 6) is 0.779. The summed E-state index contributed by atoms with van der Waals surface area (Å²) in [6.45, 7) is 7.63. The molecule has 3 aromatic carbocycles. The maximum Gasteiger partial charge on any atom is 0.410 e. The second kappa shape index (κ2) is 28.7. The number of hydrogen-bond acceptors (Lipinski definition) is 14. The van der Waals surface area contributed by atoms with Gasteiger partial charge in [0, 0.05) is 44.1 Å². The summed E-state index contributed by atoms with van der Waals surface area (Å²) < 4.78 is 50.8. The molecular weight excluding hydrogens is 969 g/mol. The molecule has 0 aromatic heterocycles. The van der Waals surface area contributed by atoms with E-state index in [2.05, 4.69) is 19.6 Å². The molecule has 1 amide bonds. The lowest BCUT2D eigenvalue weighted by Gasteiger charge is -2.60. The van der Waals surface area contributed by atoms with E-state index in [-0.39, 0.29) is 63.9 Å². The van der Waals surface area contributed by atoms with E-state index >= 15 is 4.79 Å². The van der Waals surface area contributed by atoms with Crippen LogP contribution in [-0.4, -0.2) is 98.3 Å². The molecule has 3 aromatic rings. The van der Waals surface area contributed by atoms with Crippen LogP contribution in [0.25, 0.3) is 0 Å². The van der Waals surface area contributed by atoms with Crippen LogP contribution in [0, 0.1) is 17.8 Å². The number of ether oxygens (including phenoxy) is 8. The van der Waals surface area contributed by atoms with Gasteiger partial charge in [-0.15, -0.1) is 6.58 Å². The van der Waals surface area contributed by atoms with Crippen LogP contribution in [-0.2, 0) is 25.6 Å². The molecule has 3 aliphatic heterocycles. The summed E-state index contributed by atoms with van der Waals surface area (Å²) in [5, 5.41) is 25.3. The van der Waals surface area contributed by atoms with Gasteiger partial charge in [-0.1, -0.05) is 101 Å². The van der Waals surface area contributed by atoms with E-state index in [1.165, 1.54) is 45.6 Å². The Morgan fingerprint density at radius 2 is 1.59 bits per heavy atom. The zero-order valence-electron chi connectivity index (χ0n) is 45.0. The maximum atomic E-state index is 15.3. The van der Waals surface area contributed by atoms with Crippen LogP contribution in [0.2, 0.25) is 0 Å². The van der Waals surface area contributed by atoms with Crippen LogP contribution in [0.15, 0.2) is 84.1 Å². The zero-order chi connectivity index (χ0) is 53.1. The molecule has 1 saturated carbocycles. The van der Waals surface area contributed by atoms with Gasteiger partial charge in [-0.25, -0.2) is 4.79 Å². The van der Waals surface area contributed by atoms with E-state index in [1.54, 1.807) is 29.2 Å². The molecule has 2 fully saturated rings. The number of hydrogen-bond donors (Lipinski definition) is 2. The molecule has 0 radical (unpaired) electrons. The van der Waals surface area contributed by atoms with Crippen molar-refractivity contribution in [1.82, 2.24) is 4.90 Å². The first kappa shape index (κ1) is 56.6. The molecule has 1 saturated heterocycles. The number of methoxy groups -OCH3 is 1. The monoisotopic (exact) mass is 1050 g/mol. The molecule has 414 valence electrons. The fraction of sp³-hybridized carbons (Fsp3) is 0.590. The molecule has 2 aliphatic carbocycles. The van der Waals surface area contributed by atoms with Gasteiger partial charge in [0.1, 0.15) is 29.0 Å². The average Bonchev–Trinajstić information content (AvgIpc) is 4.01. The summed E-state index contributed by atoms with van der Waals surface area (Å²) >= 11 is 0. The summed E-state index contributed by atoms with van der Waals surface area (Å²) in [4.78, 5) is 35.5. The first-order valence-corrected chi connectivity index (χ1v) is 28.3. The number of nitrogens with zero attached hydrogens (tertiary/aromatic N) is 2. The van der Waals surface area contributed by atoms with Crippen molar-refractivity contribution in [2.45, 2.75) is 166 Å². The number of carbonyl (C=O) groups is 2. The SMILES string of the molecule is C=CCOC12Oc3ccc(Oc4ccc(OC)c(C=O)c4)cc3C3C(CCCCO)C(CCCCO)C=C(C(=NOC4CCCCO4)CC1N(Cc1ccc4c(c1)OCO4)C(=O)OCCCCCCCCCCCC)C32. The van der Waals surface area contributed by atoms with Crippen LogP contribution < -0.4 is 23.7 Å². The number of aliphatic hydroxyl groups is 2. The van der Waals surface area contributed by atoms with Crippen molar-refractivity contribution >= 4 is 18.1 Å².